The molecule has 1 spiro atoms. The molecule has 4 rings (SSSR count). The van der Waals surface area contributed by atoms with Crippen LogP contribution in [-0.2, 0) is 23.8 Å². The van der Waals surface area contributed by atoms with Crippen LogP contribution in [0.25, 0.3) is 0 Å². The molecule has 24 heavy (non-hydrogen) atoms. The summed E-state index contributed by atoms with van der Waals surface area (Å²) in [7, 11) is 1.76. The molecule has 1 N–H and O–H groups in total. The molecule has 0 radical (unpaired) electrons. The van der Waals surface area contributed by atoms with E-state index in [1.807, 2.05) is 6.07 Å². The largest absolute Gasteiger partial charge is 0.369 e. The molecule has 5 nitrogen and oxygen atoms in total. The summed E-state index contributed by atoms with van der Waals surface area (Å²) in [6.45, 7) is 0.517. The molecule has 4 heterocycles. The molecule has 1 fully saturated rings. The summed E-state index contributed by atoms with van der Waals surface area (Å²) in [6, 6.07) is 0.638. The van der Waals surface area contributed by atoms with Gasteiger partial charge in [0.2, 0.25) is 0 Å². The Hall–Kier alpha value is -1.09. The monoisotopic (exact) mass is 374 g/mol. The molecular formula is C15H17ClF2N4OS. The summed E-state index contributed by atoms with van der Waals surface area (Å²) in [6.07, 6.45) is 0.808. The first kappa shape index (κ1) is 16.4. The number of aromatic nitrogens is 3. The Kier molecular flexibility index (Phi) is 4.11. The van der Waals surface area contributed by atoms with E-state index in [1.165, 1.54) is 11.3 Å². The van der Waals surface area contributed by atoms with Crippen LogP contribution < -0.4 is 5.32 Å². The highest BCUT2D eigenvalue weighted by Gasteiger charge is 2.49. The van der Waals surface area contributed by atoms with Crippen molar-refractivity contribution in [3.05, 3.63) is 32.7 Å². The highest BCUT2D eigenvalue weighted by molar-refractivity contribution is 7.16. The maximum absolute atomic E-state index is 13.6. The van der Waals surface area contributed by atoms with E-state index in [9.17, 15) is 8.78 Å². The molecule has 1 saturated heterocycles. The first-order chi connectivity index (χ1) is 11.5. The third-order valence-electron chi connectivity index (χ3n) is 4.72. The van der Waals surface area contributed by atoms with Crippen molar-refractivity contribution in [3.8, 4) is 0 Å². The van der Waals surface area contributed by atoms with E-state index in [0.29, 0.717) is 23.1 Å². The molecule has 3 atom stereocenters. The fourth-order valence-electron chi connectivity index (χ4n) is 3.71. The van der Waals surface area contributed by atoms with Gasteiger partial charge in [0.25, 0.3) is 6.43 Å². The van der Waals surface area contributed by atoms with Crippen molar-refractivity contribution < 1.29 is 13.5 Å². The van der Waals surface area contributed by atoms with Gasteiger partial charge in [-0.15, -0.1) is 16.4 Å². The smallest absolute Gasteiger partial charge is 0.253 e. The highest BCUT2D eigenvalue weighted by atomic mass is 35.5. The molecule has 0 amide bonds. The number of nitrogens with one attached hydrogen (secondary N) is 1. The Morgan fingerprint density at radius 3 is 3.04 bits per heavy atom. The molecule has 0 aromatic carbocycles. The van der Waals surface area contributed by atoms with E-state index in [1.54, 1.807) is 17.9 Å². The van der Waals surface area contributed by atoms with Crippen molar-refractivity contribution in [1.29, 1.82) is 0 Å². The maximum atomic E-state index is 13.6. The van der Waals surface area contributed by atoms with Crippen molar-refractivity contribution in [2.45, 2.75) is 43.4 Å². The third kappa shape index (κ3) is 2.75. The summed E-state index contributed by atoms with van der Waals surface area (Å²) >= 11 is 7.62. The van der Waals surface area contributed by atoms with Gasteiger partial charge >= 0.3 is 0 Å². The number of nitrogens with zero attached hydrogens (tertiary/aromatic N) is 3. The van der Waals surface area contributed by atoms with E-state index in [0.717, 1.165) is 16.9 Å². The second-order valence-electron chi connectivity index (χ2n) is 6.38. The number of thiophene rings is 1. The molecule has 130 valence electrons. The van der Waals surface area contributed by atoms with E-state index in [2.05, 4.69) is 15.6 Å². The summed E-state index contributed by atoms with van der Waals surface area (Å²) in [4.78, 5) is 0.986. The van der Waals surface area contributed by atoms with Crippen LogP contribution in [0.3, 0.4) is 0 Å². The predicted molar refractivity (Wildman–Crippen MR) is 86.6 cm³/mol. The Bertz CT molecular complexity index is 752. The quantitative estimate of drug-likeness (QED) is 0.877. The molecule has 0 bridgehead atoms. The minimum Gasteiger partial charge on any atom is -0.369 e. The zero-order valence-corrected chi connectivity index (χ0v) is 14.6. The van der Waals surface area contributed by atoms with Gasteiger partial charge in [-0.2, -0.15) is 0 Å². The second-order valence-corrected chi connectivity index (χ2v) is 8.07. The number of hydrogen-bond acceptors (Lipinski definition) is 5. The van der Waals surface area contributed by atoms with Gasteiger partial charge in [-0.25, -0.2) is 8.78 Å². The number of rotatable bonds is 2. The van der Waals surface area contributed by atoms with Crippen molar-refractivity contribution in [2.75, 3.05) is 6.61 Å². The van der Waals surface area contributed by atoms with Crippen molar-refractivity contribution >= 4 is 22.9 Å². The number of fused-ring (bicyclic) bond motifs is 2. The van der Waals surface area contributed by atoms with E-state index in [-0.39, 0.29) is 12.5 Å². The van der Waals surface area contributed by atoms with Crippen LogP contribution >= 0.6 is 22.9 Å². The molecule has 2 aliphatic heterocycles. The third-order valence-corrected chi connectivity index (χ3v) is 6.21. The number of alkyl halides is 2. The Morgan fingerprint density at radius 2 is 2.33 bits per heavy atom. The number of aryl methyl sites for hydroxylation is 1. The topological polar surface area (TPSA) is 52.0 Å². The lowest BCUT2D eigenvalue weighted by Crippen LogP contribution is -2.53. The first-order valence-electron chi connectivity index (χ1n) is 7.80. The van der Waals surface area contributed by atoms with Gasteiger partial charge < -0.3 is 10.1 Å². The Balaban J connectivity index is 1.74. The molecule has 9 heteroatoms. The number of ether oxygens (including phenoxy) is 1. The molecular weight excluding hydrogens is 358 g/mol. The Labute approximate surface area is 146 Å². The van der Waals surface area contributed by atoms with Crippen LogP contribution in [-0.4, -0.2) is 34.1 Å². The van der Waals surface area contributed by atoms with Gasteiger partial charge in [-0.05, 0) is 18.1 Å². The van der Waals surface area contributed by atoms with Crippen LogP contribution in [0, 0.1) is 0 Å². The van der Waals surface area contributed by atoms with Crippen LogP contribution in [0.15, 0.2) is 12.3 Å². The van der Waals surface area contributed by atoms with Crippen molar-refractivity contribution in [2.24, 2.45) is 7.05 Å². The molecule has 0 aliphatic carbocycles. The van der Waals surface area contributed by atoms with Gasteiger partial charge in [0.15, 0.2) is 0 Å². The van der Waals surface area contributed by atoms with Gasteiger partial charge in [-0.1, -0.05) is 16.8 Å². The summed E-state index contributed by atoms with van der Waals surface area (Å²) in [5.74, 6) is 0. The zero-order valence-electron chi connectivity index (χ0n) is 13.0. The minimum atomic E-state index is -2.48. The normalized spacial score (nSPS) is 30.0. The summed E-state index contributed by atoms with van der Waals surface area (Å²) in [5, 5.41) is 11.0. The minimum absolute atomic E-state index is 0.227. The SMILES string of the molecule is Cn1cc(C2CC3(CC(C(F)F)N2)OCCc2cc(Cl)sc23)nn1. The van der Waals surface area contributed by atoms with Gasteiger partial charge in [0.1, 0.15) is 5.60 Å². The van der Waals surface area contributed by atoms with Crippen LogP contribution in [0.2, 0.25) is 4.34 Å². The second kappa shape index (κ2) is 6.01. The molecule has 2 aromatic heterocycles. The fourth-order valence-corrected chi connectivity index (χ4v) is 5.18. The zero-order chi connectivity index (χ0) is 16.9. The first-order valence-corrected chi connectivity index (χ1v) is 8.99. The van der Waals surface area contributed by atoms with E-state index >= 15 is 0 Å². The average molecular weight is 375 g/mol. The van der Waals surface area contributed by atoms with Crippen LogP contribution in [0.4, 0.5) is 8.78 Å². The number of piperidine rings is 1. The lowest BCUT2D eigenvalue weighted by molar-refractivity contribution is -0.112. The molecule has 2 aliphatic rings. The summed E-state index contributed by atoms with van der Waals surface area (Å²) in [5.41, 5.74) is 1.03. The molecule has 2 aromatic rings. The van der Waals surface area contributed by atoms with E-state index in [4.69, 9.17) is 16.3 Å². The fraction of sp³-hybridized carbons (Fsp3) is 0.600. The molecule has 3 unspecified atom stereocenters. The van der Waals surface area contributed by atoms with Gasteiger partial charge in [-0.3, -0.25) is 4.68 Å². The standard InChI is InChI=1S/C15H17ClF2N4OS/c1-22-7-11(20-21-22)9-5-15(6-10(19-9)14(17)18)13-8(2-3-23-15)4-12(16)24-13/h4,7,9-10,14,19H,2-3,5-6H2,1H3. The van der Waals surface area contributed by atoms with Crippen LogP contribution in [0.5, 0.6) is 0 Å². The van der Waals surface area contributed by atoms with Gasteiger partial charge in [0.05, 0.1) is 28.7 Å². The lowest BCUT2D eigenvalue weighted by atomic mass is 9.79. The number of halogens is 3. The number of hydrogen-bond donors (Lipinski definition) is 1. The van der Waals surface area contributed by atoms with Crippen molar-refractivity contribution in [3.63, 3.8) is 0 Å². The average Bonchev–Trinajstić information content (AvgIpc) is 3.13. The molecule has 0 saturated carbocycles. The Morgan fingerprint density at radius 1 is 1.50 bits per heavy atom. The summed E-state index contributed by atoms with van der Waals surface area (Å²) < 4.78 is 35.5. The van der Waals surface area contributed by atoms with Gasteiger partial charge in [0, 0.05) is 31.0 Å². The maximum Gasteiger partial charge on any atom is 0.253 e. The predicted octanol–water partition coefficient (Wildman–Crippen LogP) is 3.06. The van der Waals surface area contributed by atoms with Crippen LogP contribution in [0.1, 0.15) is 35.0 Å². The lowest BCUT2D eigenvalue weighted by Gasteiger charge is -2.46. The van der Waals surface area contributed by atoms with E-state index < -0.39 is 18.1 Å². The van der Waals surface area contributed by atoms with Crippen molar-refractivity contribution in [1.82, 2.24) is 20.3 Å². The highest BCUT2D eigenvalue weighted by Crippen LogP contribution is 2.50.